The highest BCUT2D eigenvalue weighted by Gasteiger charge is 2.42. The maximum atomic E-state index is 12.2. The van der Waals surface area contributed by atoms with Crippen molar-refractivity contribution < 1.29 is 4.79 Å². The fourth-order valence-corrected chi connectivity index (χ4v) is 3.09. The molecule has 0 aromatic carbocycles. The van der Waals surface area contributed by atoms with Crippen LogP contribution in [0.5, 0.6) is 0 Å². The van der Waals surface area contributed by atoms with Gasteiger partial charge >= 0.3 is 0 Å². The summed E-state index contributed by atoms with van der Waals surface area (Å²) in [6.45, 7) is 0. The first kappa shape index (κ1) is 11.8. The first-order valence-corrected chi connectivity index (χ1v) is 7.25. The second-order valence-electron chi connectivity index (χ2n) is 5.16. The minimum atomic E-state index is -0.0599. The third kappa shape index (κ3) is 2.29. The van der Waals surface area contributed by atoms with Crippen LogP contribution in [0.15, 0.2) is 0 Å². The number of carbonyl (C=O) groups excluding carboxylic acids is 1. The summed E-state index contributed by atoms with van der Waals surface area (Å²) in [6.07, 6.45) is 5.01. The molecule has 0 unspecified atom stereocenters. The zero-order valence-electron chi connectivity index (χ0n) is 10.4. The van der Waals surface area contributed by atoms with E-state index >= 15 is 0 Å². The Labute approximate surface area is 110 Å². The molecule has 1 heterocycles. The minimum absolute atomic E-state index is 0.0599. The number of hydrogen-bond donors (Lipinski definition) is 3. The van der Waals surface area contributed by atoms with Gasteiger partial charge in [-0.05, 0) is 37.5 Å². The molecule has 0 radical (unpaired) electrons. The Morgan fingerprint density at radius 3 is 2.44 bits per heavy atom. The number of carbonyl (C=O) groups is 1. The highest BCUT2D eigenvalue weighted by atomic mass is 32.1. The molecule has 2 aliphatic carbocycles. The number of thiazole rings is 1. The molecule has 0 saturated heterocycles. The summed E-state index contributed by atoms with van der Waals surface area (Å²) >= 11 is 1.31. The number of nitrogens with two attached hydrogens (primary N) is 1. The monoisotopic (exact) mass is 266 g/mol. The summed E-state index contributed by atoms with van der Waals surface area (Å²) in [5.74, 6) is 1.65. The molecular formula is C12H18N4OS. The highest BCUT2D eigenvalue weighted by Crippen LogP contribution is 2.44. The molecule has 2 fully saturated rings. The van der Waals surface area contributed by atoms with Gasteiger partial charge in [0, 0.05) is 13.1 Å². The van der Waals surface area contributed by atoms with Gasteiger partial charge in [0.15, 0.2) is 5.13 Å². The molecule has 3 rings (SSSR count). The lowest BCUT2D eigenvalue weighted by Gasteiger charge is -2.16. The van der Waals surface area contributed by atoms with Crippen molar-refractivity contribution in [3.05, 3.63) is 4.88 Å². The van der Waals surface area contributed by atoms with Gasteiger partial charge in [0.2, 0.25) is 0 Å². The molecule has 0 aliphatic heterocycles. The van der Waals surface area contributed by atoms with Crippen molar-refractivity contribution in [1.82, 2.24) is 10.3 Å². The zero-order chi connectivity index (χ0) is 12.7. The number of nitrogens with zero attached hydrogens (tertiary/aromatic N) is 1. The Balaban J connectivity index is 1.70. The Kier molecular flexibility index (Phi) is 2.89. The summed E-state index contributed by atoms with van der Waals surface area (Å²) in [5, 5.41) is 6.76. The van der Waals surface area contributed by atoms with Crippen LogP contribution < -0.4 is 16.4 Å². The molecular weight excluding hydrogens is 248 g/mol. The standard InChI is InChI=1S/C12H18N4OS/c1-14-12-16-10(13)9(18-12)11(17)15-8(6-2-3-6)7-4-5-7/h6-8H,2-5,13H2,1H3,(H,14,16)(H,15,17). The van der Waals surface area contributed by atoms with Crippen LogP contribution in [0.1, 0.15) is 35.4 Å². The van der Waals surface area contributed by atoms with E-state index in [1.165, 1.54) is 37.0 Å². The van der Waals surface area contributed by atoms with Gasteiger partial charge in [0.05, 0.1) is 0 Å². The predicted octanol–water partition coefficient (Wildman–Crippen LogP) is 1.69. The summed E-state index contributed by atoms with van der Waals surface area (Å²) in [5.41, 5.74) is 5.78. The van der Waals surface area contributed by atoms with Gasteiger partial charge in [-0.2, -0.15) is 0 Å². The number of nitrogen functional groups attached to an aromatic ring is 1. The molecule has 1 aromatic rings. The van der Waals surface area contributed by atoms with E-state index < -0.39 is 0 Å². The van der Waals surface area contributed by atoms with Crippen molar-refractivity contribution in [2.75, 3.05) is 18.1 Å². The van der Waals surface area contributed by atoms with Crippen molar-refractivity contribution in [1.29, 1.82) is 0 Å². The second-order valence-corrected chi connectivity index (χ2v) is 6.16. The lowest BCUT2D eigenvalue weighted by Crippen LogP contribution is -2.38. The molecule has 18 heavy (non-hydrogen) atoms. The smallest absolute Gasteiger partial charge is 0.265 e. The van der Waals surface area contributed by atoms with Crippen molar-refractivity contribution in [2.45, 2.75) is 31.7 Å². The van der Waals surface area contributed by atoms with Crippen LogP contribution in [0, 0.1) is 11.8 Å². The Morgan fingerprint density at radius 2 is 2.00 bits per heavy atom. The fraction of sp³-hybridized carbons (Fsp3) is 0.667. The van der Waals surface area contributed by atoms with Gasteiger partial charge < -0.3 is 16.4 Å². The van der Waals surface area contributed by atoms with Crippen LogP contribution in [0.3, 0.4) is 0 Å². The topological polar surface area (TPSA) is 80.0 Å². The summed E-state index contributed by atoms with van der Waals surface area (Å²) < 4.78 is 0. The highest BCUT2D eigenvalue weighted by molar-refractivity contribution is 7.18. The number of rotatable bonds is 5. The van der Waals surface area contributed by atoms with E-state index in [9.17, 15) is 4.79 Å². The Bertz CT molecular complexity index is 453. The summed E-state index contributed by atoms with van der Waals surface area (Å²) in [7, 11) is 1.77. The van der Waals surface area contributed by atoms with Crippen molar-refractivity contribution in [2.24, 2.45) is 11.8 Å². The molecule has 5 nitrogen and oxygen atoms in total. The summed E-state index contributed by atoms with van der Waals surface area (Å²) in [6, 6.07) is 0.358. The number of nitrogens with one attached hydrogen (secondary N) is 2. The normalized spacial score (nSPS) is 19.0. The molecule has 0 atom stereocenters. The van der Waals surface area contributed by atoms with Crippen LogP contribution in [0.4, 0.5) is 10.9 Å². The summed E-state index contributed by atoms with van der Waals surface area (Å²) in [4.78, 5) is 16.9. The maximum absolute atomic E-state index is 12.2. The van der Waals surface area contributed by atoms with Crippen LogP contribution in [-0.4, -0.2) is 24.0 Å². The van der Waals surface area contributed by atoms with Gasteiger partial charge in [0.25, 0.3) is 5.91 Å². The van der Waals surface area contributed by atoms with E-state index in [2.05, 4.69) is 15.6 Å². The van der Waals surface area contributed by atoms with E-state index in [1.807, 2.05) is 0 Å². The van der Waals surface area contributed by atoms with Crippen molar-refractivity contribution >= 4 is 28.2 Å². The number of anilines is 2. The molecule has 4 N–H and O–H groups in total. The lowest BCUT2D eigenvalue weighted by molar-refractivity contribution is 0.0931. The van der Waals surface area contributed by atoms with Crippen LogP contribution in [0.25, 0.3) is 0 Å². The number of amides is 1. The molecule has 98 valence electrons. The number of hydrogen-bond acceptors (Lipinski definition) is 5. The second kappa shape index (κ2) is 4.42. The average Bonchev–Trinajstić information content (AvgIpc) is 3.24. The first-order valence-electron chi connectivity index (χ1n) is 6.44. The molecule has 1 amide bonds. The van der Waals surface area contributed by atoms with Crippen LogP contribution in [-0.2, 0) is 0 Å². The average molecular weight is 266 g/mol. The largest absolute Gasteiger partial charge is 0.382 e. The van der Waals surface area contributed by atoms with Crippen LogP contribution in [0.2, 0.25) is 0 Å². The molecule has 2 aliphatic rings. The third-order valence-corrected chi connectivity index (χ3v) is 4.72. The van der Waals surface area contributed by atoms with Gasteiger partial charge in [-0.25, -0.2) is 4.98 Å². The third-order valence-electron chi connectivity index (χ3n) is 3.63. The molecule has 6 heteroatoms. The lowest BCUT2D eigenvalue weighted by atomic mass is 10.1. The first-order chi connectivity index (χ1) is 8.69. The molecule has 0 bridgehead atoms. The SMILES string of the molecule is CNc1nc(N)c(C(=O)NC(C2CC2)C2CC2)s1. The van der Waals surface area contributed by atoms with Crippen molar-refractivity contribution in [3.8, 4) is 0 Å². The van der Waals surface area contributed by atoms with Crippen LogP contribution >= 0.6 is 11.3 Å². The van der Waals surface area contributed by atoms with Gasteiger partial charge in [0.1, 0.15) is 10.7 Å². The van der Waals surface area contributed by atoms with Gasteiger partial charge in [-0.1, -0.05) is 11.3 Å². The minimum Gasteiger partial charge on any atom is -0.382 e. The number of aromatic nitrogens is 1. The van der Waals surface area contributed by atoms with E-state index in [4.69, 9.17) is 5.73 Å². The Morgan fingerprint density at radius 1 is 1.39 bits per heavy atom. The van der Waals surface area contributed by atoms with Crippen molar-refractivity contribution in [3.63, 3.8) is 0 Å². The molecule has 2 saturated carbocycles. The van der Waals surface area contributed by atoms with E-state index in [1.54, 1.807) is 7.05 Å². The quantitative estimate of drug-likeness (QED) is 0.757. The van der Waals surface area contributed by atoms with E-state index in [-0.39, 0.29) is 5.91 Å². The van der Waals surface area contributed by atoms with E-state index in [0.717, 1.165) is 0 Å². The van der Waals surface area contributed by atoms with Gasteiger partial charge in [-0.15, -0.1) is 0 Å². The maximum Gasteiger partial charge on any atom is 0.265 e. The zero-order valence-corrected chi connectivity index (χ0v) is 11.2. The van der Waals surface area contributed by atoms with Gasteiger partial charge in [-0.3, -0.25) is 4.79 Å². The van der Waals surface area contributed by atoms with E-state index in [0.29, 0.717) is 33.7 Å². The molecule has 0 spiro atoms. The predicted molar refractivity (Wildman–Crippen MR) is 72.8 cm³/mol. The Hall–Kier alpha value is -1.30. The molecule has 1 aromatic heterocycles. The fourth-order valence-electron chi connectivity index (χ4n) is 2.35.